The highest BCUT2D eigenvalue weighted by molar-refractivity contribution is 6.34. The van der Waals surface area contributed by atoms with Crippen LogP contribution in [0.25, 0.3) is 0 Å². The van der Waals surface area contributed by atoms with Crippen LogP contribution in [0, 0.1) is 0 Å². The number of nitrogens with one attached hydrogen (secondary N) is 1. The maximum Gasteiger partial charge on any atom is 0.248 e. The Hall–Kier alpha value is -1.13. The van der Waals surface area contributed by atoms with Gasteiger partial charge in [-0.2, -0.15) is 0 Å². The fourth-order valence-electron chi connectivity index (χ4n) is 0.751. The van der Waals surface area contributed by atoms with E-state index in [1.165, 1.54) is 12.3 Å². The normalized spacial score (nSPS) is 10.5. The Morgan fingerprint density at radius 2 is 2.29 bits per heavy atom. The summed E-state index contributed by atoms with van der Waals surface area (Å²) in [7, 11) is 0. The van der Waals surface area contributed by atoms with E-state index in [0.717, 1.165) is 0 Å². The second kappa shape index (κ2) is 4.93. The smallest absolute Gasteiger partial charge is 0.248 e. The molecule has 1 rings (SSSR count). The van der Waals surface area contributed by atoms with Gasteiger partial charge in [-0.15, -0.1) is 0 Å². The summed E-state index contributed by atoms with van der Waals surface area (Å²) in [6, 6.07) is 0. The Kier molecular flexibility index (Phi) is 3.85. The fraction of sp³-hybridized carbons (Fsp3) is 0.125. The third-order valence-corrected chi connectivity index (χ3v) is 1.76. The Morgan fingerprint density at radius 3 is 2.86 bits per heavy atom. The topological polar surface area (TPSA) is 54.9 Å². The molecule has 0 atom stereocenters. The van der Waals surface area contributed by atoms with Crippen molar-refractivity contribution in [3.63, 3.8) is 0 Å². The third-order valence-electron chi connectivity index (χ3n) is 1.29. The highest BCUT2D eigenvalue weighted by Crippen LogP contribution is 2.19. The molecular weight excluding hydrogens is 225 g/mol. The number of nitrogens with zero attached hydrogens (tertiary/aromatic N) is 2. The van der Waals surface area contributed by atoms with Crippen LogP contribution in [-0.4, -0.2) is 15.9 Å². The van der Waals surface area contributed by atoms with Crippen molar-refractivity contribution in [2.24, 2.45) is 0 Å². The summed E-state index contributed by atoms with van der Waals surface area (Å²) in [5.74, 6) is -0.291. The fourth-order valence-corrected chi connectivity index (χ4v) is 1.10. The maximum absolute atomic E-state index is 11.1. The molecule has 0 spiro atoms. The van der Waals surface area contributed by atoms with Gasteiger partial charge in [0, 0.05) is 0 Å². The molecule has 1 aromatic heterocycles. The molecule has 4 nitrogen and oxygen atoms in total. The molecule has 1 amide bonds. The highest BCUT2D eigenvalue weighted by Gasteiger charge is 2.05. The summed E-state index contributed by atoms with van der Waals surface area (Å²) in [6.45, 7) is 1.74. The van der Waals surface area contributed by atoms with Crippen molar-refractivity contribution >= 4 is 34.8 Å². The van der Waals surface area contributed by atoms with E-state index in [0.29, 0.717) is 5.69 Å². The van der Waals surface area contributed by atoms with E-state index in [2.05, 4.69) is 15.3 Å². The average Bonchev–Trinajstić information content (AvgIpc) is 2.10. The van der Waals surface area contributed by atoms with Crippen molar-refractivity contribution in [2.45, 2.75) is 6.92 Å². The number of halogens is 2. The van der Waals surface area contributed by atoms with Crippen LogP contribution in [0.15, 0.2) is 18.3 Å². The van der Waals surface area contributed by atoms with Crippen LogP contribution < -0.4 is 5.32 Å². The second-order valence-corrected chi connectivity index (χ2v) is 3.03. The van der Waals surface area contributed by atoms with Gasteiger partial charge in [-0.25, -0.2) is 9.97 Å². The minimum Gasteiger partial charge on any atom is -0.319 e. The number of hydrogen-bond donors (Lipinski definition) is 1. The van der Waals surface area contributed by atoms with E-state index < -0.39 is 0 Å². The van der Waals surface area contributed by atoms with Crippen LogP contribution in [0.4, 0.5) is 5.69 Å². The lowest BCUT2D eigenvalue weighted by Crippen LogP contribution is -2.09. The molecule has 6 heteroatoms. The monoisotopic (exact) mass is 231 g/mol. The summed E-state index contributed by atoms with van der Waals surface area (Å²) in [6.07, 6.45) is 4.32. The maximum atomic E-state index is 11.1. The first-order valence-corrected chi connectivity index (χ1v) is 4.51. The molecule has 0 fully saturated rings. The lowest BCUT2D eigenvalue weighted by molar-refractivity contribution is -0.111. The summed E-state index contributed by atoms with van der Waals surface area (Å²) < 4.78 is 0. The number of rotatable bonds is 2. The van der Waals surface area contributed by atoms with E-state index in [-0.39, 0.29) is 16.3 Å². The van der Waals surface area contributed by atoms with E-state index in [4.69, 9.17) is 23.2 Å². The number of amides is 1. The second-order valence-electron chi connectivity index (χ2n) is 2.33. The molecule has 1 N–H and O–H groups in total. The highest BCUT2D eigenvalue weighted by atomic mass is 35.5. The van der Waals surface area contributed by atoms with Gasteiger partial charge < -0.3 is 5.32 Å². The number of allylic oxidation sites excluding steroid dienone is 1. The van der Waals surface area contributed by atoms with Crippen molar-refractivity contribution in [1.29, 1.82) is 0 Å². The zero-order valence-corrected chi connectivity index (χ0v) is 8.80. The zero-order valence-electron chi connectivity index (χ0n) is 7.29. The lowest BCUT2D eigenvalue weighted by atomic mass is 10.4. The van der Waals surface area contributed by atoms with E-state index in [1.54, 1.807) is 13.0 Å². The number of hydrogen-bond acceptors (Lipinski definition) is 3. The molecule has 1 aromatic rings. The Bertz CT molecular complexity index is 379. The standard InChI is InChI=1S/C8H7Cl2N3O/c1-2-3-6(14)12-5-4-11-8(10)13-7(5)9/h2-4H,1H3,(H,12,14). The SMILES string of the molecule is CC=CC(=O)Nc1cnc(Cl)nc1Cl. The Morgan fingerprint density at radius 1 is 1.57 bits per heavy atom. The predicted octanol–water partition coefficient (Wildman–Crippen LogP) is 2.30. The molecule has 1 heterocycles. The minimum atomic E-state index is -0.291. The van der Waals surface area contributed by atoms with Gasteiger partial charge in [-0.3, -0.25) is 4.79 Å². The van der Waals surface area contributed by atoms with Gasteiger partial charge in [0.05, 0.1) is 11.9 Å². The molecule has 0 bridgehead atoms. The van der Waals surface area contributed by atoms with Gasteiger partial charge in [0.2, 0.25) is 11.2 Å². The molecule has 0 unspecified atom stereocenters. The zero-order chi connectivity index (χ0) is 10.6. The minimum absolute atomic E-state index is 0.0408. The molecule has 0 radical (unpaired) electrons. The van der Waals surface area contributed by atoms with E-state index in [9.17, 15) is 4.79 Å². The predicted molar refractivity (Wildman–Crippen MR) is 55.5 cm³/mol. The first kappa shape index (κ1) is 10.9. The molecule has 0 saturated carbocycles. The first-order valence-electron chi connectivity index (χ1n) is 3.75. The van der Waals surface area contributed by atoms with Gasteiger partial charge in [0.25, 0.3) is 0 Å². The van der Waals surface area contributed by atoms with Crippen LogP contribution in [0.5, 0.6) is 0 Å². The summed E-state index contributed by atoms with van der Waals surface area (Å²) in [5.41, 5.74) is 0.333. The van der Waals surface area contributed by atoms with Gasteiger partial charge >= 0.3 is 0 Å². The van der Waals surface area contributed by atoms with Crippen LogP contribution in [0.1, 0.15) is 6.92 Å². The molecular formula is C8H7Cl2N3O. The average molecular weight is 232 g/mol. The number of anilines is 1. The number of carbonyl (C=O) groups is 1. The summed E-state index contributed by atoms with van der Waals surface area (Å²) in [4.78, 5) is 18.5. The molecule has 0 aliphatic heterocycles. The van der Waals surface area contributed by atoms with Gasteiger partial charge in [0.15, 0.2) is 5.15 Å². The molecule has 0 aliphatic carbocycles. The van der Waals surface area contributed by atoms with Crippen molar-refractivity contribution in [3.8, 4) is 0 Å². The van der Waals surface area contributed by atoms with Gasteiger partial charge in [-0.05, 0) is 24.6 Å². The largest absolute Gasteiger partial charge is 0.319 e. The Balaban J connectivity index is 2.82. The quantitative estimate of drug-likeness (QED) is 0.483. The third kappa shape index (κ3) is 2.97. The molecule has 0 saturated heterocycles. The molecule has 0 aliphatic rings. The van der Waals surface area contributed by atoms with Crippen LogP contribution in [0.2, 0.25) is 10.4 Å². The van der Waals surface area contributed by atoms with Gasteiger partial charge in [0.1, 0.15) is 0 Å². The van der Waals surface area contributed by atoms with E-state index >= 15 is 0 Å². The van der Waals surface area contributed by atoms with Crippen molar-refractivity contribution in [1.82, 2.24) is 9.97 Å². The van der Waals surface area contributed by atoms with Crippen LogP contribution >= 0.6 is 23.2 Å². The Labute approximate surface area is 91.0 Å². The van der Waals surface area contributed by atoms with Crippen LogP contribution in [-0.2, 0) is 4.79 Å². The molecule has 0 aromatic carbocycles. The van der Waals surface area contributed by atoms with Crippen molar-refractivity contribution < 1.29 is 4.79 Å². The lowest BCUT2D eigenvalue weighted by Gasteiger charge is -2.02. The van der Waals surface area contributed by atoms with Crippen LogP contribution in [0.3, 0.4) is 0 Å². The summed E-state index contributed by atoms with van der Waals surface area (Å²) >= 11 is 11.2. The number of carbonyl (C=O) groups excluding carboxylic acids is 1. The first-order chi connectivity index (χ1) is 6.63. The van der Waals surface area contributed by atoms with E-state index in [1.807, 2.05) is 0 Å². The molecule has 74 valence electrons. The summed E-state index contributed by atoms with van der Waals surface area (Å²) in [5, 5.41) is 2.65. The number of aromatic nitrogens is 2. The van der Waals surface area contributed by atoms with Gasteiger partial charge in [-0.1, -0.05) is 17.7 Å². The molecule has 14 heavy (non-hydrogen) atoms. The van der Waals surface area contributed by atoms with Crippen molar-refractivity contribution in [2.75, 3.05) is 5.32 Å². The van der Waals surface area contributed by atoms with Crippen molar-refractivity contribution in [3.05, 3.63) is 28.8 Å².